The molecule has 0 radical (unpaired) electrons. The van der Waals surface area contributed by atoms with Crippen LogP contribution in [0.2, 0.25) is 51.4 Å². The molecule has 3 aliphatic carbocycles. The molecule has 8 aliphatic rings. The van der Waals surface area contributed by atoms with Crippen LogP contribution in [0, 0.1) is 28.2 Å². The molecule has 6 atom stereocenters. The summed E-state index contributed by atoms with van der Waals surface area (Å²) < 4.78 is 38.6. The van der Waals surface area contributed by atoms with Crippen molar-refractivity contribution in [2.45, 2.75) is 109 Å². The molecule has 1 fully saturated rings. The van der Waals surface area contributed by atoms with Gasteiger partial charge < -0.3 is 64.4 Å². The van der Waals surface area contributed by atoms with E-state index in [1.807, 2.05) is 72.8 Å². The zero-order valence-electron chi connectivity index (χ0n) is 63.0. The molecule has 4 aromatic carbocycles. The van der Waals surface area contributed by atoms with E-state index in [9.17, 15) is 29.9 Å². The number of fused-ring (bicyclic) bond motifs is 7. The fraction of sp³-hybridized carbons (Fsp3) is 0.420. The van der Waals surface area contributed by atoms with Gasteiger partial charge in [-0.1, -0.05) is 138 Å². The van der Waals surface area contributed by atoms with Crippen molar-refractivity contribution in [2.75, 3.05) is 104 Å². The maximum Gasteiger partial charge on any atom is 0.408 e. The molecule has 23 nitrogen and oxygen atoms in total. The summed E-state index contributed by atoms with van der Waals surface area (Å²) in [6.07, 6.45) is 12.8. The van der Waals surface area contributed by atoms with Gasteiger partial charge in [-0.2, -0.15) is 18.4 Å². The maximum absolute atomic E-state index is 15.7. The second kappa shape index (κ2) is 31.5. The number of carbonyl (C=O) groups excluding carboxylic acids is 4. The van der Waals surface area contributed by atoms with E-state index in [-0.39, 0.29) is 91.8 Å². The summed E-state index contributed by atoms with van der Waals surface area (Å²) in [5.41, 5.74) is 10.1. The lowest BCUT2D eigenvalue weighted by atomic mass is 9.86. The number of likely N-dealkylation sites (N-methyl/N-ethyl adjacent to an activating group) is 1. The first-order chi connectivity index (χ1) is 50.6. The maximum atomic E-state index is 15.7. The topological polar surface area (TPSA) is 247 Å². The molecule has 560 valence electrons. The number of nitrogens with zero attached hydrogens (tertiary/aromatic N) is 7. The van der Waals surface area contributed by atoms with Gasteiger partial charge in [0.1, 0.15) is 12.1 Å². The highest BCUT2D eigenvalue weighted by Gasteiger charge is 2.59. The number of allylic oxidation sites excluding steroid dienone is 8. The lowest BCUT2D eigenvalue weighted by molar-refractivity contribution is -0.782. The number of quaternary nitrogens is 2. The number of benzene rings is 4. The van der Waals surface area contributed by atoms with Crippen molar-refractivity contribution in [2.24, 2.45) is 17.8 Å². The molecular weight excluding hydrogens is 1380 g/mol. The Morgan fingerprint density at radius 1 is 0.632 bits per heavy atom. The monoisotopic (exact) mass is 1480 g/mol. The van der Waals surface area contributed by atoms with E-state index in [0.717, 1.165) is 93.2 Å². The molecule has 0 aromatic heterocycles. The standard InChI is InChI=1S/C81H99N9O14Si2/c1-53(2)74(86(81(95)96)46-67-63-20-15-13-18-61(63)62-19-14-16-21-64(62)67)78(92)82-54(3)77(91)83-59-28-22-55(23-29-59)57-26-32-68-65(44-57)79(93)89(51-101-40-42-105(7,8)9)49-72(75(99-5)70(89)47-87(68)97)103-38-17-39-104-73-50-90(52-102-41-43-106(10,11)12)71(76(73)100-6)48-88(98)69-33-27-58(45-66(69)80(90)94)56-24-30-60(31-25-56)85-36-34-84(4)35-37-85/h13-16,18-33,47-50,53-54,65-67,74H,17,34-46,51-52H2,1-12H3,(H-2,82,83,91,92,95,96)/p+2. The highest BCUT2D eigenvalue weighted by atomic mass is 28.3. The third kappa shape index (κ3) is 15.8. The van der Waals surface area contributed by atoms with E-state index in [1.165, 1.54) is 31.5 Å². The number of amides is 5. The summed E-state index contributed by atoms with van der Waals surface area (Å²) in [6, 6.07) is 30.8. The zero-order valence-corrected chi connectivity index (χ0v) is 65.0. The Balaban J connectivity index is 0.720. The molecular formula is C81H101N9O14Si2+2. The summed E-state index contributed by atoms with van der Waals surface area (Å²) in [7, 11) is 1.93. The van der Waals surface area contributed by atoms with Crippen molar-refractivity contribution in [1.29, 1.82) is 0 Å². The van der Waals surface area contributed by atoms with Crippen molar-refractivity contribution in [3.8, 4) is 11.1 Å². The van der Waals surface area contributed by atoms with E-state index >= 15 is 9.59 Å². The van der Waals surface area contributed by atoms with Crippen LogP contribution in [-0.4, -0.2) is 198 Å². The number of nitrogens with one attached hydrogen (secondary N) is 2. The molecule has 106 heavy (non-hydrogen) atoms. The van der Waals surface area contributed by atoms with Gasteiger partial charge in [0.15, 0.2) is 37.7 Å². The third-order valence-corrected chi connectivity index (χ3v) is 24.7. The van der Waals surface area contributed by atoms with Gasteiger partial charge in [-0.05, 0) is 114 Å². The Labute approximate surface area is 623 Å². The van der Waals surface area contributed by atoms with Crippen molar-refractivity contribution >= 4 is 80.8 Å². The Morgan fingerprint density at radius 3 is 1.54 bits per heavy atom. The van der Waals surface area contributed by atoms with Crippen molar-refractivity contribution < 1.29 is 75.9 Å². The van der Waals surface area contributed by atoms with Gasteiger partial charge in [0, 0.05) is 84.7 Å². The van der Waals surface area contributed by atoms with Gasteiger partial charge in [-0.3, -0.25) is 14.5 Å². The molecule has 12 rings (SSSR count). The smallest absolute Gasteiger partial charge is 0.408 e. The highest BCUT2D eigenvalue weighted by Crippen LogP contribution is 2.48. The predicted molar refractivity (Wildman–Crippen MR) is 413 cm³/mol. The molecule has 5 amide bonds. The highest BCUT2D eigenvalue weighted by molar-refractivity contribution is 6.76. The van der Waals surface area contributed by atoms with E-state index in [4.69, 9.17) is 28.4 Å². The van der Waals surface area contributed by atoms with Crippen LogP contribution in [-0.2, 0) is 47.6 Å². The molecule has 1 saturated heterocycles. The largest absolute Gasteiger partial charge is 0.618 e. The lowest BCUT2D eigenvalue weighted by Gasteiger charge is -2.34. The van der Waals surface area contributed by atoms with Crippen LogP contribution in [0.1, 0.15) is 68.2 Å². The molecule has 0 spiro atoms. The summed E-state index contributed by atoms with van der Waals surface area (Å²) in [6.45, 7) is 23.2. The van der Waals surface area contributed by atoms with Gasteiger partial charge >= 0.3 is 17.9 Å². The van der Waals surface area contributed by atoms with Gasteiger partial charge in [0.05, 0.1) is 40.6 Å². The van der Waals surface area contributed by atoms with Crippen molar-refractivity contribution in [3.05, 3.63) is 212 Å². The minimum atomic E-state index is -1.61. The number of rotatable bonds is 29. The second-order valence-electron chi connectivity index (χ2n) is 31.5. The number of hydrogen-bond acceptors (Lipinski definition) is 15. The number of methoxy groups -OCH3 is 2. The number of anilines is 2. The average molecular weight is 1480 g/mol. The molecule has 5 aliphatic heterocycles. The van der Waals surface area contributed by atoms with Crippen LogP contribution >= 0.6 is 0 Å². The first-order valence-electron chi connectivity index (χ1n) is 36.8. The number of carboxylic acid groups (broad SMARTS) is 1. The van der Waals surface area contributed by atoms with Crippen LogP contribution in [0.5, 0.6) is 0 Å². The molecule has 3 N–H and O–H groups in total. The molecule has 0 saturated carbocycles. The first kappa shape index (κ1) is 76.2. The summed E-state index contributed by atoms with van der Waals surface area (Å²) in [5.74, 6) is -3.30. The van der Waals surface area contributed by atoms with Gasteiger partial charge in [0.2, 0.25) is 58.7 Å². The van der Waals surface area contributed by atoms with E-state index in [1.54, 1.807) is 57.5 Å². The van der Waals surface area contributed by atoms with E-state index < -0.39 is 72.9 Å². The van der Waals surface area contributed by atoms with Crippen LogP contribution in [0.15, 0.2) is 180 Å². The van der Waals surface area contributed by atoms with Crippen LogP contribution < -0.4 is 15.5 Å². The van der Waals surface area contributed by atoms with Crippen molar-refractivity contribution in [3.63, 3.8) is 0 Å². The Bertz CT molecular complexity index is 4370. The van der Waals surface area contributed by atoms with Crippen LogP contribution in [0.25, 0.3) is 22.3 Å². The lowest BCUT2D eigenvalue weighted by Crippen LogP contribution is -2.56. The molecule has 6 unspecified atom stereocenters. The number of carbonyl (C=O) groups is 5. The van der Waals surface area contributed by atoms with Gasteiger partial charge in [-0.25, -0.2) is 14.4 Å². The number of ether oxygens (including phenoxy) is 6. The Kier molecular flexibility index (Phi) is 22.7. The Morgan fingerprint density at radius 2 is 1.09 bits per heavy atom. The number of hydrogen-bond donors (Lipinski definition) is 3. The van der Waals surface area contributed by atoms with Crippen LogP contribution in [0.3, 0.4) is 0 Å². The minimum absolute atomic E-state index is 0.0354. The normalized spacial score (nSPS) is 22.1. The fourth-order valence-electron chi connectivity index (χ4n) is 15.2. The van der Waals surface area contributed by atoms with Crippen molar-refractivity contribution in [1.82, 2.24) is 15.1 Å². The summed E-state index contributed by atoms with van der Waals surface area (Å²) >= 11 is 0. The second-order valence-corrected chi connectivity index (χ2v) is 42.7. The van der Waals surface area contributed by atoms with Gasteiger partial charge in [0.25, 0.3) is 11.4 Å². The minimum Gasteiger partial charge on any atom is -0.618 e. The molecule has 5 heterocycles. The van der Waals surface area contributed by atoms with Gasteiger partial charge in [-0.15, -0.1) is 0 Å². The van der Waals surface area contributed by atoms with E-state index in [2.05, 4.69) is 91.0 Å². The summed E-state index contributed by atoms with van der Waals surface area (Å²) in [4.78, 5) is 78.3. The van der Waals surface area contributed by atoms with Crippen LogP contribution in [0.4, 0.5) is 16.2 Å². The van der Waals surface area contributed by atoms with E-state index in [0.29, 0.717) is 47.9 Å². The zero-order chi connectivity index (χ0) is 75.6. The SMILES string of the molecule is COC1=C2C=[N+]([O-])C3=CC=C(c4ccc(NC(=O)C(C)NC(=O)C(C(C)C)N(CC5c6ccccc6-c6ccccc65)C(=O)O)cc4)CC3C(=O)[N+]2(COCC[Si](C)(C)C)C=C1OCCCOC1=C[N+]2(COCC[Si](C)(C)C)C(=O)C3CC(c4ccc(N5CCN(C)CC5)cc4)=CC=C3[N+]([O-])=CC2=C1OC. The predicted octanol–water partition coefficient (Wildman–Crippen LogP) is 12.3. The summed E-state index contributed by atoms with van der Waals surface area (Å²) in [5, 5.41) is 45.2. The number of piperazine rings is 1. The quantitative estimate of drug-likeness (QED) is 0.0150. The Hall–Kier alpha value is -9.48. The molecule has 4 aromatic rings. The third-order valence-electron chi connectivity index (χ3n) is 21.3. The average Bonchev–Trinajstić information content (AvgIpc) is 1.57. The first-order valence-corrected chi connectivity index (χ1v) is 44.2. The molecule has 0 bridgehead atoms. The fourth-order valence-corrected chi connectivity index (χ4v) is 16.8. The number of hydroxylamine groups is 2. The molecule has 25 heteroatoms.